The largest absolute Gasteiger partial charge is 0.492 e. The summed E-state index contributed by atoms with van der Waals surface area (Å²) in [6, 6.07) is 7.78. The topological polar surface area (TPSA) is 79.7 Å². The highest BCUT2D eigenvalue weighted by Gasteiger charge is 2.26. The van der Waals surface area contributed by atoms with Gasteiger partial charge in [0.05, 0.1) is 17.8 Å². The van der Waals surface area contributed by atoms with Gasteiger partial charge in [-0.05, 0) is 25.1 Å². The Hall–Kier alpha value is -2.87. The maximum atomic E-state index is 12.6. The number of nitrogens with one attached hydrogen (secondary N) is 1. The Kier molecular flexibility index (Phi) is 5.29. The van der Waals surface area contributed by atoms with E-state index in [0.717, 1.165) is 37.5 Å². The smallest absolute Gasteiger partial charge is 0.244 e. The minimum Gasteiger partial charge on any atom is -0.492 e. The number of para-hydroxylation sites is 1. The zero-order valence-corrected chi connectivity index (χ0v) is 16.0. The molecule has 8 nitrogen and oxygen atoms in total. The monoisotopic (exact) mass is 383 g/mol. The molecular weight excluding hydrogens is 358 g/mol. The fourth-order valence-electron chi connectivity index (χ4n) is 3.55. The van der Waals surface area contributed by atoms with Gasteiger partial charge in [-0.2, -0.15) is 5.10 Å². The Morgan fingerprint density at radius 1 is 1.21 bits per heavy atom. The van der Waals surface area contributed by atoms with E-state index in [-0.39, 0.29) is 24.3 Å². The van der Waals surface area contributed by atoms with Gasteiger partial charge in [0.25, 0.3) is 0 Å². The van der Waals surface area contributed by atoms with E-state index < -0.39 is 0 Å². The van der Waals surface area contributed by atoms with Gasteiger partial charge in [-0.3, -0.25) is 14.3 Å². The highest BCUT2D eigenvalue weighted by atomic mass is 16.5. The Morgan fingerprint density at radius 3 is 2.82 bits per heavy atom. The molecule has 8 heteroatoms. The molecule has 2 amide bonds. The number of carbonyl (C=O) groups is 2. The predicted molar refractivity (Wildman–Crippen MR) is 104 cm³/mol. The highest BCUT2D eigenvalue weighted by molar-refractivity contribution is 5.92. The van der Waals surface area contributed by atoms with Crippen molar-refractivity contribution in [3.8, 4) is 5.75 Å². The number of rotatable bonds is 4. The summed E-state index contributed by atoms with van der Waals surface area (Å²) in [7, 11) is 2.06. The van der Waals surface area contributed by atoms with Gasteiger partial charge >= 0.3 is 0 Å². The summed E-state index contributed by atoms with van der Waals surface area (Å²) in [4.78, 5) is 29.1. The molecule has 0 saturated carbocycles. The van der Waals surface area contributed by atoms with Crippen molar-refractivity contribution in [3.63, 3.8) is 0 Å². The van der Waals surface area contributed by atoms with Crippen molar-refractivity contribution in [3.05, 3.63) is 42.2 Å². The molecule has 1 aromatic heterocycles. The summed E-state index contributed by atoms with van der Waals surface area (Å²) in [5, 5.41) is 7.10. The van der Waals surface area contributed by atoms with Crippen molar-refractivity contribution < 1.29 is 14.3 Å². The number of nitrogens with zero attached hydrogens (tertiary/aromatic N) is 4. The van der Waals surface area contributed by atoms with Gasteiger partial charge in [0.2, 0.25) is 11.8 Å². The Morgan fingerprint density at radius 2 is 2.00 bits per heavy atom. The van der Waals surface area contributed by atoms with Crippen molar-refractivity contribution in [1.29, 1.82) is 0 Å². The molecular formula is C20H25N5O3. The normalized spacial score (nSPS) is 19.6. The highest BCUT2D eigenvalue weighted by Crippen LogP contribution is 2.27. The van der Waals surface area contributed by atoms with Crippen LogP contribution in [-0.2, 0) is 22.6 Å². The Bertz CT molecular complexity index is 857. The molecule has 28 heavy (non-hydrogen) atoms. The number of amides is 2. The van der Waals surface area contributed by atoms with E-state index in [2.05, 4.69) is 22.4 Å². The summed E-state index contributed by atoms with van der Waals surface area (Å²) >= 11 is 0. The second-order valence-corrected chi connectivity index (χ2v) is 7.42. The number of hydrogen-bond acceptors (Lipinski definition) is 5. The van der Waals surface area contributed by atoms with Gasteiger partial charge in [-0.1, -0.05) is 18.2 Å². The Labute approximate surface area is 164 Å². The third kappa shape index (κ3) is 4.17. The molecule has 2 aromatic rings. The van der Waals surface area contributed by atoms with Crippen molar-refractivity contribution in [1.82, 2.24) is 19.6 Å². The predicted octanol–water partition coefficient (Wildman–Crippen LogP) is 0.847. The number of fused-ring (bicyclic) bond motifs is 1. The Balaban J connectivity index is 1.31. The van der Waals surface area contributed by atoms with Crippen LogP contribution in [0.5, 0.6) is 5.75 Å². The van der Waals surface area contributed by atoms with Crippen LogP contribution in [0.4, 0.5) is 5.69 Å². The van der Waals surface area contributed by atoms with Crippen LogP contribution in [0.3, 0.4) is 0 Å². The van der Waals surface area contributed by atoms with Gasteiger partial charge in [-0.15, -0.1) is 0 Å². The lowest BCUT2D eigenvalue weighted by Gasteiger charge is -2.32. The molecule has 2 aliphatic rings. The first-order valence-electron chi connectivity index (χ1n) is 9.59. The minimum absolute atomic E-state index is 0.0476. The van der Waals surface area contributed by atoms with E-state index in [1.54, 1.807) is 17.1 Å². The number of benzene rings is 1. The lowest BCUT2D eigenvalue weighted by molar-refractivity contribution is -0.133. The molecule has 3 heterocycles. The summed E-state index contributed by atoms with van der Waals surface area (Å²) in [6.45, 7) is 3.79. The van der Waals surface area contributed by atoms with Crippen molar-refractivity contribution in [2.75, 3.05) is 45.2 Å². The van der Waals surface area contributed by atoms with Crippen LogP contribution in [0.2, 0.25) is 0 Å². The first-order chi connectivity index (χ1) is 13.6. The van der Waals surface area contributed by atoms with Crippen molar-refractivity contribution in [2.45, 2.75) is 13.0 Å². The van der Waals surface area contributed by atoms with Crippen LogP contribution >= 0.6 is 0 Å². The van der Waals surface area contributed by atoms with E-state index in [0.29, 0.717) is 18.7 Å². The van der Waals surface area contributed by atoms with Crippen molar-refractivity contribution in [2.24, 2.45) is 5.92 Å². The molecule has 0 spiro atoms. The van der Waals surface area contributed by atoms with Crippen LogP contribution in [0.15, 0.2) is 36.7 Å². The van der Waals surface area contributed by atoms with E-state index in [1.165, 1.54) is 0 Å². The van der Waals surface area contributed by atoms with Gasteiger partial charge in [0.1, 0.15) is 18.9 Å². The standard InChI is InChI=1S/C20H25N5O3/c1-23-6-8-24(9-7-23)19(26)13-25-12-17(11-21-25)22-20(27)16-10-15-4-2-3-5-18(15)28-14-16/h2-5,11-12,16H,6-10,13-14H2,1H3,(H,22,27)/t16-/m1/s1. The molecule has 148 valence electrons. The number of likely N-dealkylation sites (N-methyl/N-ethyl adjacent to an activating group) is 1. The SMILES string of the molecule is CN1CCN(C(=O)Cn2cc(NC(=O)[C@H]3COc4ccccc4C3)cn2)CC1. The van der Waals surface area contributed by atoms with Crippen molar-refractivity contribution >= 4 is 17.5 Å². The fraction of sp³-hybridized carbons (Fsp3) is 0.450. The average molecular weight is 383 g/mol. The zero-order chi connectivity index (χ0) is 19.5. The van der Waals surface area contributed by atoms with E-state index in [1.807, 2.05) is 29.2 Å². The summed E-state index contributed by atoms with van der Waals surface area (Å²) in [6.07, 6.45) is 3.92. The fourth-order valence-corrected chi connectivity index (χ4v) is 3.55. The van der Waals surface area contributed by atoms with Crippen LogP contribution in [0.1, 0.15) is 5.56 Å². The number of aromatic nitrogens is 2. The average Bonchev–Trinajstić information content (AvgIpc) is 3.14. The maximum Gasteiger partial charge on any atom is 0.244 e. The first-order valence-corrected chi connectivity index (χ1v) is 9.59. The van der Waals surface area contributed by atoms with Gasteiger partial charge in [0, 0.05) is 32.4 Å². The van der Waals surface area contributed by atoms with E-state index >= 15 is 0 Å². The lowest BCUT2D eigenvalue weighted by atomic mass is 9.96. The molecule has 1 N–H and O–H groups in total. The third-order valence-electron chi connectivity index (χ3n) is 5.30. The van der Waals surface area contributed by atoms with Gasteiger partial charge in [-0.25, -0.2) is 0 Å². The van der Waals surface area contributed by atoms with E-state index in [9.17, 15) is 9.59 Å². The number of piperazine rings is 1. The second-order valence-electron chi connectivity index (χ2n) is 7.42. The molecule has 4 rings (SSSR count). The second kappa shape index (κ2) is 8.02. The molecule has 1 saturated heterocycles. The van der Waals surface area contributed by atoms with Gasteiger partial charge < -0.3 is 19.9 Å². The molecule has 0 aliphatic carbocycles. The molecule has 1 aromatic carbocycles. The molecule has 0 radical (unpaired) electrons. The van der Waals surface area contributed by atoms with Crippen LogP contribution in [0, 0.1) is 5.92 Å². The van der Waals surface area contributed by atoms with Crippen LogP contribution in [-0.4, -0.2) is 71.2 Å². The van der Waals surface area contributed by atoms with E-state index in [4.69, 9.17) is 4.74 Å². The molecule has 0 unspecified atom stereocenters. The lowest BCUT2D eigenvalue weighted by Crippen LogP contribution is -2.48. The molecule has 2 aliphatic heterocycles. The first kappa shape index (κ1) is 18.5. The minimum atomic E-state index is -0.245. The van der Waals surface area contributed by atoms with Gasteiger partial charge in [0.15, 0.2) is 0 Å². The summed E-state index contributed by atoms with van der Waals surface area (Å²) < 4.78 is 7.26. The maximum absolute atomic E-state index is 12.6. The number of carbonyl (C=O) groups excluding carboxylic acids is 2. The number of hydrogen-bond donors (Lipinski definition) is 1. The number of ether oxygens (including phenoxy) is 1. The van der Waals surface area contributed by atoms with Crippen LogP contribution in [0.25, 0.3) is 0 Å². The summed E-state index contributed by atoms with van der Waals surface area (Å²) in [5.74, 6) is 0.554. The molecule has 1 fully saturated rings. The van der Waals surface area contributed by atoms with Crippen LogP contribution < -0.4 is 10.1 Å². The summed E-state index contributed by atoms with van der Waals surface area (Å²) in [5.41, 5.74) is 1.64. The quantitative estimate of drug-likeness (QED) is 0.847. The number of anilines is 1. The third-order valence-corrected chi connectivity index (χ3v) is 5.30. The molecule has 1 atom stereocenters. The zero-order valence-electron chi connectivity index (χ0n) is 16.0. The molecule has 0 bridgehead atoms.